The number of hydrogen-bond donors (Lipinski definition) is 1. The summed E-state index contributed by atoms with van der Waals surface area (Å²) in [6.45, 7) is 0. The van der Waals surface area contributed by atoms with Crippen molar-refractivity contribution < 1.29 is 14.2 Å². The highest BCUT2D eigenvalue weighted by atomic mass is 16.5. The van der Waals surface area contributed by atoms with Crippen molar-refractivity contribution in [3.8, 4) is 17.2 Å². The van der Waals surface area contributed by atoms with Crippen molar-refractivity contribution in [2.24, 2.45) is 0 Å². The maximum Gasteiger partial charge on any atom is 0.226 e. The van der Waals surface area contributed by atoms with Gasteiger partial charge >= 0.3 is 0 Å². The third-order valence-electron chi connectivity index (χ3n) is 6.03. The number of aromatic nitrogens is 4. The molecule has 2 atom stereocenters. The van der Waals surface area contributed by atoms with E-state index in [1.807, 2.05) is 59.4 Å². The number of nitrogens with zero attached hydrogens (tertiary/aromatic N) is 4. The fourth-order valence-corrected chi connectivity index (χ4v) is 4.57. The zero-order valence-electron chi connectivity index (χ0n) is 18.1. The first-order chi connectivity index (χ1) is 16.3. The smallest absolute Gasteiger partial charge is 0.226 e. The minimum Gasteiger partial charge on any atom is -0.493 e. The monoisotopic (exact) mass is 439 g/mol. The number of hydrogen-bond acceptors (Lipinski definition) is 7. The van der Waals surface area contributed by atoms with Gasteiger partial charge in [0, 0.05) is 29.1 Å². The molecule has 0 saturated carbocycles. The number of para-hydroxylation sites is 1. The van der Waals surface area contributed by atoms with E-state index in [2.05, 4.69) is 26.4 Å². The first-order valence-electron chi connectivity index (χ1n) is 10.6. The van der Waals surface area contributed by atoms with E-state index in [4.69, 9.17) is 14.2 Å². The van der Waals surface area contributed by atoms with E-state index in [9.17, 15) is 0 Å². The summed E-state index contributed by atoms with van der Waals surface area (Å²) < 4.78 is 19.5. The van der Waals surface area contributed by atoms with E-state index in [0.29, 0.717) is 17.4 Å². The number of pyridine rings is 1. The molecule has 0 unspecified atom stereocenters. The van der Waals surface area contributed by atoms with E-state index < -0.39 is 6.10 Å². The van der Waals surface area contributed by atoms with Gasteiger partial charge in [-0.05, 0) is 35.9 Å². The summed E-state index contributed by atoms with van der Waals surface area (Å²) >= 11 is 0. The fourth-order valence-electron chi connectivity index (χ4n) is 4.57. The second-order valence-corrected chi connectivity index (χ2v) is 7.78. The van der Waals surface area contributed by atoms with Crippen LogP contribution in [-0.2, 0) is 0 Å². The minimum absolute atomic E-state index is 0.251. The highest BCUT2D eigenvalue weighted by Gasteiger charge is 2.41. The molecule has 2 aromatic heterocycles. The van der Waals surface area contributed by atoms with Crippen LogP contribution in [0.5, 0.6) is 17.2 Å². The van der Waals surface area contributed by atoms with E-state index in [-0.39, 0.29) is 6.04 Å². The number of ether oxygens (including phenoxy) is 3. The van der Waals surface area contributed by atoms with Crippen molar-refractivity contribution in [1.29, 1.82) is 0 Å². The number of fused-ring (bicyclic) bond motifs is 3. The summed E-state index contributed by atoms with van der Waals surface area (Å²) in [7, 11) is 3.26. The molecule has 164 valence electrons. The highest BCUT2D eigenvalue weighted by molar-refractivity contribution is 5.85. The molecule has 0 fully saturated rings. The topological polar surface area (TPSA) is 83.3 Å². The number of anilines is 1. The second-order valence-electron chi connectivity index (χ2n) is 7.78. The predicted octanol–water partition coefficient (Wildman–Crippen LogP) is 4.25. The molecule has 2 aliphatic heterocycles. The molecule has 8 heteroatoms. The third kappa shape index (κ3) is 3.02. The van der Waals surface area contributed by atoms with Gasteiger partial charge in [0.05, 0.1) is 19.9 Å². The van der Waals surface area contributed by atoms with Crippen molar-refractivity contribution in [2.45, 2.75) is 12.1 Å². The molecule has 2 aliphatic rings. The zero-order chi connectivity index (χ0) is 22.4. The molecule has 0 bridgehead atoms. The molecule has 6 rings (SSSR count). The molecular formula is C25H21N5O3. The summed E-state index contributed by atoms with van der Waals surface area (Å²) in [6, 6.07) is 17.6. The van der Waals surface area contributed by atoms with Gasteiger partial charge in [-0.2, -0.15) is 10.1 Å². The van der Waals surface area contributed by atoms with Gasteiger partial charge < -0.3 is 19.5 Å². The maximum atomic E-state index is 6.63. The third-order valence-corrected chi connectivity index (χ3v) is 6.03. The van der Waals surface area contributed by atoms with Crippen molar-refractivity contribution >= 4 is 11.6 Å². The van der Waals surface area contributed by atoms with Crippen LogP contribution in [-0.4, -0.2) is 34.0 Å². The van der Waals surface area contributed by atoms with Crippen LogP contribution in [0.25, 0.3) is 5.70 Å². The number of nitrogens with one attached hydrogen (secondary N) is 1. The molecule has 2 aromatic carbocycles. The Balaban J connectivity index is 1.60. The van der Waals surface area contributed by atoms with Gasteiger partial charge in [-0.25, -0.2) is 4.68 Å². The largest absolute Gasteiger partial charge is 0.493 e. The lowest BCUT2D eigenvalue weighted by Crippen LogP contribution is -2.32. The molecule has 0 radical (unpaired) electrons. The van der Waals surface area contributed by atoms with Crippen LogP contribution in [0, 0.1) is 0 Å². The lowest BCUT2D eigenvalue weighted by Gasteiger charge is -2.38. The molecule has 0 spiro atoms. The zero-order valence-corrected chi connectivity index (χ0v) is 18.1. The molecular weight excluding hydrogens is 418 g/mol. The average Bonchev–Trinajstić information content (AvgIpc) is 3.35. The normalized spacial score (nSPS) is 18.4. The van der Waals surface area contributed by atoms with E-state index in [1.54, 1.807) is 26.7 Å². The lowest BCUT2D eigenvalue weighted by atomic mass is 9.85. The Kier molecular flexibility index (Phi) is 4.50. The Morgan fingerprint density at radius 2 is 1.85 bits per heavy atom. The minimum atomic E-state index is -0.398. The van der Waals surface area contributed by atoms with Crippen molar-refractivity contribution in [2.75, 3.05) is 19.5 Å². The van der Waals surface area contributed by atoms with E-state index in [1.165, 1.54) is 0 Å². The second kappa shape index (κ2) is 7.67. The van der Waals surface area contributed by atoms with Gasteiger partial charge in [-0.3, -0.25) is 4.98 Å². The summed E-state index contributed by atoms with van der Waals surface area (Å²) in [6.07, 6.45) is 4.78. The Bertz CT molecular complexity index is 1370. The standard InChI is InChI=1S/C25H21N5O3/c1-31-19-10-9-15(12-20(19)32-2)24-21-22(17-7-3-4-8-18(17)33-24)29-25-27-14-28-30(25)23(21)16-6-5-11-26-13-16/h3-14,23-24H,1-2H3,(H,27,28,29)/t23-,24-/m0/s1. The first kappa shape index (κ1) is 19.4. The van der Waals surface area contributed by atoms with Gasteiger partial charge in [0.2, 0.25) is 5.95 Å². The molecule has 0 aliphatic carbocycles. The Labute approximate surface area is 190 Å². The number of rotatable bonds is 4. The van der Waals surface area contributed by atoms with Crippen LogP contribution in [0.15, 0.2) is 78.9 Å². The van der Waals surface area contributed by atoms with Crippen LogP contribution >= 0.6 is 0 Å². The van der Waals surface area contributed by atoms with Crippen LogP contribution < -0.4 is 19.5 Å². The summed E-state index contributed by atoms with van der Waals surface area (Å²) in [5.41, 5.74) is 4.89. The number of benzene rings is 2. The molecule has 0 saturated heterocycles. The van der Waals surface area contributed by atoms with Gasteiger partial charge in [0.25, 0.3) is 0 Å². The molecule has 1 N–H and O–H groups in total. The van der Waals surface area contributed by atoms with Gasteiger partial charge in [0.15, 0.2) is 11.5 Å². The molecule has 33 heavy (non-hydrogen) atoms. The van der Waals surface area contributed by atoms with E-state index >= 15 is 0 Å². The van der Waals surface area contributed by atoms with Crippen LogP contribution in [0.4, 0.5) is 5.95 Å². The van der Waals surface area contributed by atoms with Gasteiger partial charge in [-0.1, -0.05) is 24.3 Å². The quantitative estimate of drug-likeness (QED) is 0.509. The first-order valence-corrected chi connectivity index (χ1v) is 10.6. The van der Waals surface area contributed by atoms with Gasteiger partial charge in [0.1, 0.15) is 24.2 Å². The van der Waals surface area contributed by atoms with E-state index in [0.717, 1.165) is 33.7 Å². The van der Waals surface area contributed by atoms with Crippen molar-refractivity contribution in [3.05, 3.63) is 95.6 Å². The summed E-state index contributed by atoms with van der Waals surface area (Å²) in [5.74, 6) is 2.77. The lowest BCUT2D eigenvalue weighted by molar-refractivity contribution is 0.222. The highest BCUT2D eigenvalue weighted by Crippen LogP contribution is 2.51. The predicted molar refractivity (Wildman–Crippen MR) is 122 cm³/mol. The van der Waals surface area contributed by atoms with Crippen LogP contribution in [0.2, 0.25) is 0 Å². The Morgan fingerprint density at radius 1 is 0.970 bits per heavy atom. The molecule has 0 amide bonds. The van der Waals surface area contributed by atoms with Crippen LogP contribution in [0.3, 0.4) is 0 Å². The summed E-state index contributed by atoms with van der Waals surface area (Å²) in [5, 5.41) is 8.03. The van der Waals surface area contributed by atoms with Crippen LogP contribution in [0.1, 0.15) is 28.8 Å². The Morgan fingerprint density at radius 3 is 2.67 bits per heavy atom. The Hall–Kier alpha value is -4.33. The summed E-state index contributed by atoms with van der Waals surface area (Å²) in [4.78, 5) is 8.82. The molecule has 4 aromatic rings. The van der Waals surface area contributed by atoms with Crippen molar-refractivity contribution in [3.63, 3.8) is 0 Å². The SMILES string of the molecule is COc1ccc([C@@H]2Oc3ccccc3C3=C2[C@H](c2cccnc2)n2ncnc2N3)cc1OC. The van der Waals surface area contributed by atoms with Crippen molar-refractivity contribution in [1.82, 2.24) is 19.7 Å². The average molecular weight is 439 g/mol. The number of methoxy groups -OCH3 is 2. The molecule has 4 heterocycles. The fraction of sp³-hybridized carbons (Fsp3) is 0.160. The maximum absolute atomic E-state index is 6.63. The van der Waals surface area contributed by atoms with Gasteiger partial charge in [-0.15, -0.1) is 0 Å². The molecule has 8 nitrogen and oxygen atoms in total.